The summed E-state index contributed by atoms with van der Waals surface area (Å²) in [5.74, 6) is -0.974. The number of aromatic nitrogens is 1. The highest BCUT2D eigenvalue weighted by Gasteiger charge is 2.14. The number of aromatic carboxylic acids is 1. The largest absolute Gasteiger partial charge is 0.478 e. The van der Waals surface area contributed by atoms with Crippen LogP contribution in [0.1, 0.15) is 16.1 Å². The fraction of sp³-hybridized carbons (Fsp3) is 0.0556. The van der Waals surface area contributed by atoms with Crippen LogP contribution in [-0.4, -0.2) is 15.6 Å². The smallest absolute Gasteiger partial charge is 0.335 e. The van der Waals surface area contributed by atoms with E-state index in [1.807, 2.05) is 47.9 Å². The molecular weight excluding hydrogens is 378 g/mol. The summed E-state index contributed by atoms with van der Waals surface area (Å²) in [6.45, 7) is 1.96. The number of benzene rings is 2. The third-order valence-electron chi connectivity index (χ3n) is 3.65. The molecule has 0 amide bonds. The molecule has 116 valence electrons. The number of aryl methyl sites for hydroxylation is 1. The molecule has 5 heteroatoms. The predicted octanol–water partition coefficient (Wildman–Crippen LogP) is 5.57. The lowest BCUT2D eigenvalue weighted by Crippen LogP contribution is -2.03. The lowest BCUT2D eigenvalue weighted by atomic mass is 10.1. The summed E-state index contributed by atoms with van der Waals surface area (Å²) in [4.78, 5) is 11.3. The van der Waals surface area contributed by atoms with Gasteiger partial charge in [-0.2, -0.15) is 0 Å². The Morgan fingerprint density at radius 2 is 1.78 bits per heavy atom. The standard InChI is InChI=1S/C18H13BrClNO2/c1-11-2-9-16(12-3-6-14(19)7-4-12)21(11)17-10-13(18(22)23)5-8-15(17)20/h2-10H,1H3,(H,22,23). The average molecular weight is 391 g/mol. The Labute approximate surface area is 147 Å². The number of carboxylic acid groups (broad SMARTS) is 1. The topological polar surface area (TPSA) is 42.2 Å². The molecule has 3 nitrogen and oxygen atoms in total. The quantitative estimate of drug-likeness (QED) is 0.635. The van der Waals surface area contributed by atoms with Crippen molar-refractivity contribution in [3.63, 3.8) is 0 Å². The lowest BCUT2D eigenvalue weighted by molar-refractivity contribution is 0.0697. The summed E-state index contributed by atoms with van der Waals surface area (Å²) < 4.78 is 2.97. The van der Waals surface area contributed by atoms with Gasteiger partial charge < -0.3 is 9.67 Å². The SMILES string of the molecule is Cc1ccc(-c2ccc(Br)cc2)n1-c1cc(C(=O)O)ccc1Cl. The Hall–Kier alpha value is -2.04. The Balaban J connectivity index is 2.21. The maximum absolute atomic E-state index is 11.3. The maximum Gasteiger partial charge on any atom is 0.335 e. The maximum atomic E-state index is 11.3. The fourth-order valence-electron chi connectivity index (χ4n) is 2.52. The van der Waals surface area contributed by atoms with Crippen LogP contribution in [0.4, 0.5) is 0 Å². The minimum absolute atomic E-state index is 0.208. The van der Waals surface area contributed by atoms with E-state index in [-0.39, 0.29) is 5.56 Å². The summed E-state index contributed by atoms with van der Waals surface area (Å²) in [6, 6.07) is 16.7. The van der Waals surface area contributed by atoms with Crippen LogP contribution in [0.5, 0.6) is 0 Å². The fourth-order valence-corrected chi connectivity index (χ4v) is 2.99. The highest BCUT2D eigenvalue weighted by molar-refractivity contribution is 9.10. The number of hydrogen-bond donors (Lipinski definition) is 1. The van der Waals surface area contributed by atoms with Crippen molar-refractivity contribution in [2.24, 2.45) is 0 Å². The summed E-state index contributed by atoms with van der Waals surface area (Å²) in [6.07, 6.45) is 0. The molecular formula is C18H13BrClNO2. The number of hydrogen-bond acceptors (Lipinski definition) is 1. The monoisotopic (exact) mass is 389 g/mol. The molecule has 23 heavy (non-hydrogen) atoms. The van der Waals surface area contributed by atoms with Crippen molar-refractivity contribution in [1.82, 2.24) is 4.57 Å². The third-order valence-corrected chi connectivity index (χ3v) is 4.50. The van der Waals surface area contributed by atoms with Crippen molar-refractivity contribution < 1.29 is 9.90 Å². The molecule has 0 aliphatic heterocycles. The second kappa shape index (κ2) is 6.22. The van der Waals surface area contributed by atoms with Gasteiger partial charge in [-0.1, -0.05) is 39.7 Å². The van der Waals surface area contributed by atoms with Gasteiger partial charge in [-0.25, -0.2) is 4.79 Å². The minimum Gasteiger partial charge on any atom is -0.478 e. The zero-order valence-electron chi connectivity index (χ0n) is 12.3. The van der Waals surface area contributed by atoms with E-state index in [1.165, 1.54) is 6.07 Å². The number of rotatable bonds is 3. The van der Waals surface area contributed by atoms with E-state index in [2.05, 4.69) is 15.9 Å². The van der Waals surface area contributed by atoms with Gasteiger partial charge in [-0.15, -0.1) is 0 Å². The van der Waals surface area contributed by atoms with Gasteiger partial charge in [-0.3, -0.25) is 0 Å². The lowest BCUT2D eigenvalue weighted by Gasteiger charge is -2.14. The van der Waals surface area contributed by atoms with Crippen LogP contribution in [0.25, 0.3) is 16.9 Å². The predicted molar refractivity (Wildman–Crippen MR) is 95.6 cm³/mol. The van der Waals surface area contributed by atoms with Gasteiger partial charge >= 0.3 is 5.97 Å². The molecule has 3 rings (SSSR count). The number of carboxylic acids is 1. The molecule has 0 radical (unpaired) electrons. The first-order valence-corrected chi connectivity index (χ1v) is 8.12. The molecule has 0 aliphatic carbocycles. The van der Waals surface area contributed by atoms with Crippen LogP contribution >= 0.6 is 27.5 Å². The van der Waals surface area contributed by atoms with Crippen LogP contribution in [-0.2, 0) is 0 Å². The molecule has 0 spiro atoms. The van der Waals surface area contributed by atoms with Crippen LogP contribution in [0.3, 0.4) is 0 Å². The summed E-state index contributed by atoms with van der Waals surface area (Å²) in [5.41, 5.74) is 3.83. The first-order chi connectivity index (χ1) is 11.0. The van der Waals surface area contributed by atoms with E-state index in [1.54, 1.807) is 12.1 Å². The van der Waals surface area contributed by atoms with Crippen molar-refractivity contribution in [3.8, 4) is 16.9 Å². The minimum atomic E-state index is -0.974. The second-order valence-electron chi connectivity index (χ2n) is 5.17. The van der Waals surface area contributed by atoms with Crippen LogP contribution in [0, 0.1) is 6.92 Å². The van der Waals surface area contributed by atoms with Gasteiger partial charge in [0, 0.05) is 10.2 Å². The van der Waals surface area contributed by atoms with Crippen molar-refractivity contribution in [3.05, 3.63) is 75.4 Å². The molecule has 1 aromatic heterocycles. The van der Waals surface area contributed by atoms with Crippen LogP contribution in [0.15, 0.2) is 59.1 Å². The van der Waals surface area contributed by atoms with E-state index in [0.717, 1.165) is 21.4 Å². The highest BCUT2D eigenvalue weighted by atomic mass is 79.9. The van der Waals surface area contributed by atoms with Crippen molar-refractivity contribution in [1.29, 1.82) is 0 Å². The summed E-state index contributed by atoms with van der Waals surface area (Å²) in [7, 11) is 0. The average Bonchev–Trinajstić information content (AvgIpc) is 2.90. The Morgan fingerprint density at radius 1 is 1.09 bits per heavy atom. The molecule has 0 aliphatic rings. The Bertz CT molecular complexity index is 885. The zero-order chi connectivity index (χ0) is 16.6. The normalized spacial score (nSPS) is 10.7. The molecule has 3 aromatic rings. The van der Waals surface area contributed by atoms with Gasteiger partial charge in [0.1, 0.15) is 0 Å². The molecule has 0 saturated heterocycles. The van der Waals surface area contributed by atoms with E-state index < -0.39 is 5.97 Å². The van der Waals surface area contributed by atoms with Crippen molar-refractivity contribution in [2.75, 3.05) is 0 Å². The molecule has 0 atom stereocenters. The molecule has 0 bridgehead atoms. The molecule has 1 heterocycles. The van der Waals surface area contributed by atoms with Crippen LogP contribution < -0.4 is 0 Å². The third kappa shape index (κ3) is 3.05. The van der Waals surface area contributed by atoms with Crippen molar-refractivity contribution in [2.45, 2.75) is 6.92 Å². The van der Waals surface area contributed by atoms with Gasteiger partial charge in [-0.05, 0) is 55.0 Å². The van der Waals surface area contributed by atoms with Gasteiger partial charge in [0.15, 0.2) is 0 Å². The van der Waals surface area contributed by atoms with E-state index in [4.69, 9.17) is 11.6 Å². The summed E-state index contributed by atoms with van der Waals surface area (Å²) >= 11 is 9.76. The number of halogens is 2. The highest BCUT2D eigenvalue weighted by Crippen LogP contribution is 2.31. The van der Waals surface area contributed by atoms with E-state index >= 15 is 0 Å². The molecule has 0 fully saturated rings. The molecule has 2 aromatic carbocycles. The molecule has 0 saturated carbocycles. The van der Waals surface area contributed by atoms with Crippen LogP contribution in [0.2, 0.25) is 5.02 Å². The first kappa shape index (κ1) is 15.8. The second-order valence-corrected chi connectivity index (χ2v) is 6.50. The summed E-state index contributed by atoms with van der Waals surface area (Å²) in [5, 5.41) is 9.73. The van der Waals surface area contributed by atoms with Crippen molar-refractivity contribution >= 4 is 33.5 Å². The Kier molecular flexibility index (Phi) is 4.28. The van der Waals surface area contributed by atoms with E-state index in [9.17, 15) is 9.90 Å². The zero-order valence-corrected chi connectivity index (χ0v) is 14.6. The van der Waals surface area contributed by atoms with Gasteiger partial charge in [0.05, 0.1) is 22.0 Å². The first-order valence-electron chi connectivity index (χ1n) is 6.95. The number of nitrogens with zero attached hydrogens (tertiary/aromatic N) is 1. The molecule has 1 N–H and O–H groups in total. The van der Waals surface area contributed by atoms with E-state index in [0.29, 0.717) is 10.7 Å². The number of carbonyl (C=O) groups is 1. The van der Waals surface area contributed by atoms with Gasteiger partial charge in [0.25, 0.3) is 0 Å². The van der Waals surface area contributed by atoms with Gasteiger partial charge in [0.2, 0.25) is 0 Å². The Morgan fingerprint density at radius 3 is 2.43 bits per heavy atom. The molecule has 0 unspecified atom stereocenters.